The summed E-state index contributed by atoms with van der Waals surface area (Å²) < 4.78 is 19.1. The summed E-state index contributed by atoms with van der Waals surface area (Å²) in [5.41, 5.74) is 0.809. The number of aliphatic carboxylic acids is 1. The van der Waals surface area contributed by atoms with Crippen molar-refractivity contribution in [3.05, 3.63) is 65.5 Å². The Balaban J connectivity index is 2.35. The van der Waals surface area contributed by atoms with E-state index in [4.69, 9.17) is 4.74 Å². The fraction of sp³-hybridized carbons (Fsp3) is 0.133. The van der Waals surface area contributed by atoms with Gasteiger partial charge in [0.15, 0.2) is 0 Å². The van der Waals surface area contributed by atoms with E-state index in [2.05, 4.69) is 0 Å². The molecule has 3 nitrogen and oxygen atoms in total. The third-order valence-electron chi connectivity index (χ3n) is 2.75. The van der Waals surface area contributed by atoms with Crippen molar-refractivity contribution in [1.82, 2.24) is 0 Å². The van der Waals surface area contributed by atoms with Crippen LogP contribution in [-0.2, 0) is 4.79 Å². The van der Waals surface area contributed by atoms with Gasteiger partial charge in [-0.1, -0.05) is 36.4 Å². The van der Waals surface area contributed by atoms with Crippen LogP contribution in [0.15, 0.2) is 48.5 Å². The molecule has 0 saturated heterocycles. The standard InChI is InChI=1S/C15H13FO3/c1-10-6-2-5-9-13(10)19-14(15(17)18)11-7-3-4-8-12(11)16/h2-9,14H,1H3,(H,17,18). The van der Waals surface area contributed by atoms with Crippen molar-refractivity contribution in [2.45, 2.75) is 13.0 Å². The molecule has 1 atom stereocenters. The molecule has 1 unspecified atom stereocenters. The van der Waals surface area contributed by atoms with Gasteiger partial charge in [0.25, 0.3) is 0 Å². The lowest BCUT2D eigenvalue weighted by atomic mass is 10.1. The maximum atomic E-state index is 13.7. The fourth-order valence-corrected chi connectivity index (χ4v) is 1.75. The predicted octanol–water partition coefficient (Wildman–Crippen LogP) is 3.34. The van der Waals surface area contributed by atoms with Crippen LogP contribution in [0.3, 0.4) is 0 Å². The zero-order valence-electron chi connectivity index (χ0n) is 10.3. The van der Waals surface area contributed by atoms with Gasteiger partial charge in [0.2, 0.25) is 6.10 Å². The average molecular weight is 260 g/mol. The SMILES string of the molecule is Cc1ccccc1OC(C(=O)O)c1ccccc1F. The molecular formula is C15H13FO3. The third kappa shape index (κ3) is 2.91. The van der Waals surface area contributed by atoms with Crippen LogP contribution in [0.2, 0.25) is 0 Å². The number of rotatable bonds is 4. The molecule has 0 aromatic heterocycles. The highest BCUT2D eigenvalue weighted by molar-refractivity contribution is 5.75. The smallest absolute Gasteiger partial charge is 0.349 e. The van der Waals surface area contributed by atoms with Gasteiger partial charge in [-0.05, 0) is 24.6 Å². The molecule has 0 radical (unpaired) electrons. The van der Waals surface area contributed by atoms with Crippen molar-refractivity contribution in [1.29, 1.82) is 0 Å². The predicted molar refractivity (Wildman–Crippen MR) is 68.6 cm³/mol. The second-order valence-electron chi connectivity index (χ2n) is 4.12. The van der Waals surface area contributed by atoms with Gasteiger partial charge in [0.1, 0.15) is 11.6 Å². The minimum atomic E-state index is -1.36. The Kier molecular flexibility index (Phi) is 3.80. The number of carboxylic acids is 1. The molecule has 0 heterocycles. The third-order valence-corrected chi connectivity index (χ3v) is 2.75. The van der Waals surface area contributed by atoms with Gasteiger partial charge >= 0.3 is 5.97 Å². The van der Waals surface area contributed by atoms with Crippen molar-refractivity contribution >= 4 is 5.97 Å². The number of aryl methyl sites for hydroxylation is 1. The molecule has 2 aromatic rings. The number of carboxylic acid groups (broad SMARTS) is 1. The number of benzene rings is 2. The van der Waals surface area contributed by atoms with Crippen molar-refractivity contribution in [3.63, 3.8) is 0 Å². The summed E-state index contributed by atoms with van der Waals surface area (Å²) in [6.07, 6.45) is -1.36. The molecule has 2 rings (SSSR count). The highest BCUT2D eigenvalue weighted by Gasteiger charge is 2.25. The van der Waals surface area contributed by atoms with Crippen LogP contribution in [0, 0.1) is 12.7 Å². The fourth-order valence-electron chi connectivity index (χ4n) is 1.75. The Bertz CT molecular complexity index is 595. The van der Waals surface area contributed by atoms with Crippen molar-refractivity contribution in [2.75, 3.05) is 0 Å². The second-order valence-corrected chi connectivity index (χ2v) is 4.12. The van der Waals surface area contributed by atoms with E-state index in [9.17, 15) is 14.3 Å². The first kappa shape index (κ1) is 13.1. The minimum absolute atomic E-state index is 0.0123. The highest BCUT2D eigenvalue weighted by Crippen LogP contribution is 2.26. The zero-order chi connectivity index (χ0) is 13.8. The minimum Gasteiger partial charge on any atom is -0.478 e. The van der Waals surface area contributed by atoms with Crippen molar-refractivity contribution in [2.24, 2.45) is 0 Å². The van der Waals surface area contributed by atoms with Crippen LogP contribution in [0.5, 0.6) is 5.75 Å². The van der Waals surface area contributed by atoms with E-state index in [0.29, 0.717) is 5.75 Å². The molecule has 1 N–H and O–H groups in total. The molecule has 0 aliphatic rings. The summed E-state index contributed by atoms with van der Waals surface area (Å²) in [5.74, 6) is -1.39. The first-order chi connectivity index (χ1) is 9.09. The topological polar surface area (TPSA) is 46.5 Å². The Labute approximate surface area is 110 Å². The molecule has 0 amide bonds. The average Bonchev–Trinajstić information content (AvgIpc) is 2.38. The normalized spacial score (nSPS) is 11.9. The monoisotopic (exact) mass is 260 g/mol. The summed E-state index contributed by atoms with van der Waals surface area (Å²) >= 11 is 0. The molecule has 0 saturated carbocycles. The van der Waals surface area contributed by atoms with Crippen molar-refractivity contribution < 1.29 is 19.0 Å². The van der Waals surface area contributed by atoms with Gasteiger partial charge in [-0.15, -0.1) is 0 Å². The van der Waals surface area contributed by atoms with E-state index >= 15 is 0 Å². The quantitative estimate of drug-likeness (QED) is 0.917. The van der Waals surface area contributed by atoms with Gasteiger partial charge in [0, 0.05) is 5.56 Å². The summed E-state index contributed by atoms with van der Waals surface area (Å²) in [5, 5.41) is 9.21. The van der Waals surface area contributed by atoms with Gasteiger partial charge in [-0.3, -0.25) is 0 Å². The Hall–Kier alpha value is -2.36. The lowest BCUT2D eigenvalue weighted by Crippen LogP contribution is -2.19. The Morgan fingerprint density at radius 1 is 1.16 bits per heavy atom. The molecule has 19 heavy (non-hydrogen) atoms. The maximum Gasteiger partial charge on any atom is 0.349 e. The van der Waals surface area contributed by atoms with Crippen molar-refractivity contribution in [3.8, 4) is 5.75 Å². The molecule has 0 aliphatic heterocycles. The second kappa shape index (κ2) is 5.52. The number of halogens is 1. The van der Waals surface area contributed by atoms with Gasteiger partial charge in [-0.2, -0.15) is 0 Å². The summed E-state index contributed by atoms with van der Waals surface area (Å²) in [7, 11) is 0. The van der Waals surface area contributed by atoms with Crippen LogP contribution in [0.4, 0.5) is 4.39 Å². The highest BCUT2D eigenvalue weighted by atomic mass is 19.1. The summed E-state index contributed by atoms with van der Waals surface area (Å²) in [4.78, 5) is 11.3. The zero-order valence-corrected chi connectivity index (χ0v) is 10.3. The van der Waals surface area contributed by atoms with E-state index in [-0.39, 0.29) is 5.56 Å². The van der Waals surface area contributed by atoms with E-state index < -0.39 is 17.9 Å². The first-order valence-electron chi connectivity index (χ1n) is 5.79. The molecule has 0 aliphatic carbocycles. The lowest BCUT2D eigenvalue weighted by Gasteiger charge is -2.17. The summed E-state index contributed by atoms with van der Waals surface area (Å²) in [6.45, 7) is 1.80. The Morgan fingerprint density at radius 2 is 1.79 bits per heavy atom. The van der Waals surface area contributed by atoms with Gasteiger partial charge < -0.3 is 9.84 Å². The van der Waals surface area contributed by atoms with E-state index in [1.54, 1.807) is 31.2 Å². The van der Waals surface area contributed by atoms with Gasteiger partial charge in [-0.25, -0.2) is 9.18 Å². The molecule has 0 bridgehead atoms. The van der Waals surface area contributed by atoms with Crippen LogP contribution >= 0.6 is 0 Å². The molecule has 2 aromatic carbocycles. The number of para-hydroxylation sites is 1. The van der Waals surface area contributed by atoms with Crippen LogP contribution in [-0.4, -0.2) is 11.1 Å². The maximum absolute atomic E-state index is 13.7. The number of hydrogen-bond acceptors (Lipinski definition) is 2. The van der Waals surface area contributed by atoms with E-state index in [1.807, 2.05) is 6.07 Å². The number of ether oxygens (including phenoxy) is 1. The number of hydrogen-bond donors (Lipinski definition) is 1. The van der Waals surface area contributed by atoms with Crippen LogP contribution < -0.4 is 4.74 Å². The van der Waals surface area contributed by atoms with Crippen LogP contribution in [0.25, 0.3) is 0 Å². The molecule has 0 spiro atoms. The van der Waals surface area contributed by atoms with E-state index in [0.717, 1.165) is 5.56 Å². The molecule has 98 valence electrons. The van der Waals surface area contributed by atoms with Crippen LogP contribution in [0.1, 0.15) is 17.2 Å². The summed E-state index contributed by atoms with van der Waals surface area (Å²) in [6, 6.07) is 12.7. The van der Waals surface area contributed by atoms with Gasteiger partial charge in [0.05, 0.1) is 0 Å². The molecule has 0 fully saturated rings. The molecular weight excluding hydrogens is 247 g/mol. The molecule has 4 heteroatoms. The largest absolute Gasteiger partial charge is 0.478 e. The Morgan fingerprint density at radius 3 is 2.42 bits per heavy atom. The first-order valence-corrected chi connectivity index (χ1v) is 5.79. The van der Waals surface area contributed by atoms with E-state index in [1.165, 1.54) is 18.2 Å². The lowest BCUT2D eigenvalue weighted by molar-refractivity contribution is -0.145. The number of carbonyl (C=O) groups is 1.